The number of carbonyl (C=O) groups excluding carboxylic acids is 1. The van der Waals surface area contributed by atoms with Gasteiger partial charge in [0, 0.05) is 43.0 Å². The van der Waals surface area contributed by atoms with E-state index in [4.69, 9.17) is 28.0 Å². The number of alkyl halides is 3. The van der Waals surface area contributed by atoms with Crippen LogP contribution in [-0.2, 0) is 30.1 Å². The smallest absolute Gasteiger partial charge is 0.372 e. The summed E-state index contributed by atoms with van der Waals surface area (Å²) in [5.74, 6) is -3.26. The highest BCUT2D eigenvalue weighted by Crippen LogP contribution is 2.50. The minimum Gasteiger partial charge on any atom is -0.372 e. The maximum atomic E-state index is 14.3. The van der Waals surface area contributed by atoms with Gasteiger partial charge in [0.1, 0.15) is 23.2 Å². The first-order valence-electron chi connectivity index (χ1n) is 11.3. The van der Waals surface area contributed by atoms with Gasteiger partial charge in [-0.25, -0.2) is 13.2 Å². The van der Waals surface area contributed by atoms with Crippen molar-refractivity contribution in [2.75, 3.05) is 0 Å². The Morgan fingerprint density at radius 3 is 2.41 bits per heavy atom. The average Bonchev–Trinajstić information content (AvgIpc) is 3.51. The summed E-state index contributed by atoms with van der Waals surface area (Å²) in [6.45, 7) is 0.0405. The van der Waals surface area contributed by atoms with Crippen molar-refractivity contribution in [1.82, 2.24) is 15.2 Å². The third kappa shape index (κ3) is 4.98. The number of rotatable bonds is 4. The zero-order valence-electron chi connectivity index (χ0n) is 19.6. The minimum atomic E-state index is -4.95. The molecule has 6 nitrogen and oxygen atoms in total. The van der Waals surface area contributed by atoms with Gasteiger partial charge >= 0.3 is 6.18 Å². The fourth-order valence-corrected chi connectivity index (χ4v) is 4.85. The van der Waals surface area contributed by atoms with Gasteiger partial charge in [-0.05, 0) is 35.4 Å². The quantitative estimate of drug-likeness (QED) is 0.289. The Bertz CT molecular complexity index is 1490. The monoisotopic (exact) mass is 588 g/mol. The molecule has 1 atom stereocenters. The third-order valence-corrected chi connectivity index (χ3v) is 7.03. The fourth-order valence-electron chi connectivity index (χ4n) is 4.37. The van der Waals surface area contributed by atoms with Gasteiger partial charge in [-0.3, -0.25) is 9.78 Å². The second-order valence-corrected chi connectivity index (χ2v) is 9.78. The molecular formula is C25H16Cl2F6N4O2. The van der Waals surface area contributed by atoms with E-state index in [1.165, 1.54) is 23.2 Å². The number of amidine groups is 1. The first kappa shape index (κ1) is 27.1. The van der Waals surface area contributed by atoms with Crippen LogP contribution in [0.15, 0.2) is 47.8 Å². The first-order valence-corrected chi connectivity index (χ1v) is 12.1. The van der Waals surface area contributed by atoms with E-state index in [-0.39, 0.29) is 36.7 Å². The van der Waals surface area contributed by atoms with E-state index in [0.717, 1.165) is 18.2 Å². The SMILES string of the molecule is O=C(NCc1ccc(F)cc1F)c1cc2c(cn1)CN(C1=NOC(c3cc(Cl)c(F)c(Cl)c3)(C(F)(F)F)C1)C2. The summed E-state index contributed by atoms with van der Waals surface area (Å²) >= 11 is 11.5. The molecule has 2 aromatic carbocycles. The summed E-state index contributed by atoms with van der Waals surface area (Å²) < 4.78 is 83.6. The lowest BCUT2D eigenvalue weighted by molar-refractivity contribution is -0.275. The van der Waals surface area contributed by atoms with E-state index in [2.05, 4.69) is 15.5 Å². The molecule has 0 saturated heterocycles. The summed E-state index contributed by atoms with van der Waals surface area (Å²) in [6, 6.07) is 6.05. The number of amides is 1. The number of aromatic nitrogens is 1. The summed E-state index contributed by atoms with van der Waals surface area (Å²) in [5, 5.41) is 5.01. The van der Waals surface area contributed by atoms with Crippen molar-refractivity contribution in [2.24, 2.45) is 5.16 Å². The van der Waals surface area contributed by atoms with Gasteiger partial charge < -0.3 is 15.1 Å². The number of nitrogens with zero attached hydrogens (tertiary/aromatic N) is 3. The maximum absolute atomic E-state index is 14.3. The highest BCUT2D eigenvalue weighted by molar-refractivity contribution is 6.35. The van der Waals surface area contributed by atoms with E-state index in [9.17, 15) is 31.1 Å². The zero-order valence-corrected chi connectivity index (χ0v) is 21.1. The van der Waals surface area contributed by atoms with Crippen molar-refractivity contribution >= 4 is 34.9 Å². The van der Waals surface area contributed by atoms with Crippen LogP contribution in [0, 0.1) is 17.5 Å². The Morgan fingerprint density at radius 1 is 1.05 bits per heavy atom. The summed E-state index contributed by atoms with van der Waals surface area (Å²) in [6.07, 6.45) is -4.27. The van der Waals surface area contributed by atoms with E-state index in [1.54, 1.807) is 0 Å². The number of nitrogens with one attached hydrogen (secondary N) is 1. The summed E-state index contributed by atoms with van der Waals surface area (Å²) in [5.41, 5.74) is -2.09. The topological polar surface area (TPSA) is 66.8 Å². The molecule has 1 aromatic heterocycles. The molecule has 14 heteroatoms. The van der Waals surface area contributed by atoms with Crippen LogP contribution in [-0.4, -0.2) is 27.8 Å². The van der Waals surface area contributed by atoms with Crippen LogP contribution >= 0.6 is 23.2 Å². The van der Waals surface area contributed by atoms with Crippen LogP contribution in [0.4, 0.5) is 26.3 Å². The van der Waals surface area contributed by atoms with Gasteiger partial charge in [0.25, 0.3) is 11.5 Å². The van der Waals surface area contributed by atoms with Crippen LogP contribution < -0.4 is 5.32 Å². The molecule has 0 bridgehead atoms. The van der Waals surface area contributed by atoms with E-state index >= 15 is 0 Å². The molecule has 0 fully saturated rings. The number of carbonyl (C=O) groups is 1. The molecule has 2 aliphatic rings. The lowest BCUT2D eigenvalue weighted by atomic mass is 9.89. The van der Waals surface area contributed by atoms with Gasteiger partial charge in [0.2, 0.25) is 0 Å². The van der Waals surface area contributed by atoms with Gasteiger partial charge in [-0.15, -0.1) is 0 Å². The number of pyridine rings is 1. The summed E-state index contributed by atoms with van der Waals surface area (Å²) in [7, 11) is 0. The molecule has 0 spiro atoms. The van der Waals surface area contributed by atoms with E-state index in [1.807, 2.05) is 0 Å². The minimum absolute atomic E-state index is 0.00275. The number of fused-ring (bicyclic) bond motifs is 1. The molecule has 3 aromatic rings. The lowest BCUT2D eigenvalue weighted by Gasteiger charge is -2.30. The molecule has 1 unspecified atom stereocenters. The maximum Gasteiger partial charge on any atom is 0.435 e. The highest BCUT2D eigenvalue weighted by atomic mass is 35.5. The molecule has 0 radical (unpaired) electrons. The van der Waals surface area contributed by atoms with E-state index in [0.29, 0.717) is 17.2 Å². The van der Waals surface area contributed by atoms with Crippen LogP contribution in [0.1, 0.15) is 39.2 Å². The molecule has 0 aliphatic carbocycles. The molecule has 3 heterocycles. The Hall–Kier alpha value is -3.51. The number of oxime groups is 1. The van der Waals surface area contributed by atoms with Crippen molar-refractivity contribution in [2.45, 2.75) is 37.8 Å². The van der Waals surface area contributed by atoms with Crippen molar-refractivity contribution in [1.29, 1.82) is 0 Å². The molecule has 204 valence electrons. The third-order valence-electron chi connectivity index (χ3n) is 6.48. The average molecular weight is 589 g/mol. The number of halogens is 8. The molecule has 0 saturated carbocycles. The normalized spacial score (nSPS) is 18.6. The Kier molecular flexibility index (Phi) is 6.88. The second-order valence-electron chi connectivity index (χ2n) is 8.97. The van der Waals surface area contributed by atoms with E-state index < -0.39 is 57.2 Å². The zero-order chi connectivity index (χ0) is 28.1. The number of hydrogen-bond acceptors (Lipinski definition) is 5. The van der Waals surface area contributed by atoms with Crippen LogP contribution in [0.25, 0.3) is 0 Å². The van der Waals surface area contributed by atoms with Crippen LogP contribution in [0.5, 0.6) is 0 Å². The predicted octanol–water partition coefficient (Wildman–Crippen LogP) is 6.24. The fraction of sp³-hybridized carbons (Fsp3) is 0.240. The van der Waals surface area contributed by atoms with Gasteiger partial charge in [0.15, 0.2) is 5.82 Å². The first-order chi connectivity index (χ1) is 18.4. The largest absolute Gasteiger partial charge is 0.435 e. The van der Waals surface area contributed by atoms with Crippen molar-refractivity contribution < 1.29 is 36.0 Å². The highest BCUT2D eigenvalue weighted by Gasteiger charge is 2.63. The Labute approximate surface area is 227 Å². The molecule has 1 N–H and O–H groups in total. The molecular weight excluding hydrogens is 573 g/mol. The van der Waals surface area contributed by atoms with Crippen LogP contribution in [0.2, 0.25) is 10.0 Å². The Balaban J connectivity index is 1.30. The van der Waals surface area contributed by atoms with Crippen molar-refractivity contribution in [3.63, 3.8) is 0 Å². The van der Waals surface area contributed by atoms with Gasteiger partial charge in [-0.2, -0.15) is 13.2 Å². The molecule has 2 aliphatic heterocycles. The summed E-state index contributed by atoms with van der Waals surface area (Å²) in [4.78, 5) is 23.2. The second kappa shape index (κ2) is 9.91. The predicted molar refractivity (Wildman–Crippen MR) is 128 cm³/mol. The van der Waals surface area contributed by atoms with Gasteiger partial charge in [-0.1, -0.05) is 34.4 Å². The standard InChI is InChI=1S/C25H16Cl2F6N4O2/c26-17-4-15(5-18(27)22(17)30)24(25(31,32)33)7-21(36-39-24)37-10-13-3-20(34-9-14(13)11-37)23(38)35-8-12-1-2-16(28)6-19(12)29/h1-6,9H,7-8,10-11H2,(H,35,38). The van der Waals surface area contributed by atoms with Crippen molar-refractivity contribution in [3.05, 3.63) is 98.0 Å². The molecule has 5 rings (SSSR count). The number of benzene rings is 2. The number of hydrogen-bond donors (Lipinski definition) is 1. The lowest BCUT2D eigenvalue weighted by Crippen LogP contribution is -2.44. The molecule has 39 heavy (non-hydrogen) atoms. The Morgan fingerprint density at radius 2 is 1.74 bits per heavy atom. The van der Waals surface area contributed by atoms with Gasteiger partial charge in [0.05, 0.1) is 16.5 Å². The van der Waals surface area contributed by atoms with Crippen LogP contribution in [0.3, 0.4) is 0 Å². The van der Waals surface area contributed by atoms with Crippen molar-refractivity contribution in [3.8, 4) is 0 Å². The molecule has 1 amide bonds.